The van der Waals surface area contributed by atoms with Crippen LogP contribution in [-0.4, -0.2) is 125 Å². The number of aromatic nitrogens is 8. The molecular weight excluding hydrogens is 1210 g/mol. The highest BCUT2D eigenvalue weighted by atomic mass is 127. The standard InChI is InChI=1S/C46H53IN12O19P2/c1-25(2)40(61)54-44-53-39-38(43(64)55-44)50-24-59(39)37-19-30(33(76-37)23-73-80(68,71-16-8-13-49)77-29-18-36(75-32(29)21-69-47)58-20-26(3)41(62)56-46(58)66)78-79(67,70-15-7-12-48)72-22-31-28(60)17-35(74-31)57-14-11-34(52-45(57)65)51-42(63)27-9-5-4-6-10-27/h4-6,9-11,14,20,24-25,28-33,35-37,60H,7-8,15-19,21-23H2,1-3H3,(H,56,62,66)(H,51,52,63,65)(H2,53,54,55,61,64). The van der Waals surface area contributed by atoms with E-state index in [1.165, 1.54) is 36.3 Å². The van der Waals surface area contributed by atoms with E-state index in [4.69, 9.17) is 44.4 Å². The predicted molar refractivity (Wildman–Crippen MR) is 281 cm³/mol. The Labute approximate surface area is 466 Å². The van der Waals surface area contributed by atoms with Crippen molar-refractivity contribution in [3.63, 3.8) is 0 Å². The number of aromatic amines is 2. The molecule has 5 N–H and O–H groups in total. The number of hydrogen-bond acceptors (Lipinski definition) is 24. The lowest BCUT2D eigenvalue weighted by Gasteiger charge is -2.27. The van der Waals surface area contributed by atoms with E-state index in [1.807, 2.05) is 12.1 Å². The molecule has 3 fully saturated rings. The minimum absolute atomic E-state index is 0.0498. The van der Waals surface area contributed by atoms with Gasteiger partial charge in [0.05, 0.1) is 70.4 Å². The Morgan fingerprint density at radius 1 is 0.800 bits per heavy atom. The molecule has 8 rings (SSSR count). The van der Waals surface area contributed by atoms with E-state index in [1.54, 1.807) is 67.2 Å². The third-order valence-corrected chi connectivity index (χ3v) is 15.8. The molecule has 1 aromatic carbocycles. The number of carbonyl (C=O) groups excluding carboxylic acids is 2. The molecule has 5 aromatic rings. The van der Waals surface area contributed by atoms with Gasteiger partial charge in [0.15, 0.2) is 11.2 Å². The topological polar surface area (TPSA) is 406 Å². The van der Waals surface area contributed by atoms with Crippen LogP contribution in [0.1, 0.15) is 80.6 Å². The van der Waals surface area contributed by atoms with Crippen molar-refractivity contribution in [1.82, 2.24) is 38.6 Å². The number of aliphatic hydroxyl groups is 1. The van der Waals surface area contributed by atoms with Gasteiger partial charge in [0.1, 0.15) is 78.0 Å². The van der Waals surface area contributed by atoms with Gasteiger partial charge in [0.25, 0.3) is 17.0 Å². The number of hydrogen-bond donors (Lipinski definition) is 5. The highest BCUT2D eigenvalue weighted by Crippen LogP contribution is 2.56. The maximum atomic E-state index is 14.8. The first-order valence-corrected chi connectivity index (χ1v) is 28.4. The number of aryl methyl sites for hydroxylation is 1. The summed E-state index contributed by atoms with van der Waals surface area (Å²) in [6.07, 6.45) is -8.58. The number of ether oxygens (including phenoxy) is 3. The maximum Gasteiger partial charge on any atom is 0.475 e. The molecule has 0 aliphatic carbocycles. The molecule has 34 heteroatoms. The number of fused-ring (bicyclic) bond motifs is 1. The summed E-state index contributed by atoms with van der Waals surface area (Å²) in [5, 5.41) is 35.0. The minimum atomic E-state index is -4.92. The molecule has 3 aliphatic rings. The van der Waals surface area contributed by atoms with Crippen LogP contribution in [-0.2, 0) is 58.3 Å². The van der Waals surface area contributed by atoms with Gasteiger partial charge in [-0.15, -0.1) is 0 Å². The monoisotopic (exact) mass is 1270 g/mol. The average Bonchev–Trinajstić information content (AvgIpc) is 4.23. The maximum absolute atomic E-state index is 14.8. The smallest absolute Gasteiger partial charge is 0.390 e. The van der Waals surface area contributed by atoms with E-state index in [0.717, 1.165) is 9.13 Å². The van der Waals surface area contributed by atoms with Crippen LogP contribution >= 0.6 is 38.7 Å². The van der Waals surface area contributed by atoms with E-state index >= 15 is 0 Å². The van der Waals surface area contributed by atoms with Crippen molar-refractivity contribution in [1.29, 1.82) is 10.5 Å². The molecule has 11 unspecified atom stereocenters. The fraction of sp³-hybridized carbons (Fsp3) is 0.500. The number of benzene rings is 1. The van der Waals surface area contributed by atoms with Crippen LogP contribution < -0.4 is 33.1 Å². The molecular formula is C46H53IN12O19P2. The second kappa shape index (κ2) is 26.6. The quantitative estimate of drug-likeness (QED) is 0.0317. The number of H-pyrrole nitrogens is 2. The summed E-state index contributed by atoms with van der Waals surface area (Å²) in [6, 6.07) is 13.3. The lowest BCUT2D eigenvalue weighted by atomic mass is 10.2. The fourth-order valence-corrected chi connectivity index (χ4v) is 11.5. The Morgan fingerprint density at radius 3 is 2.01 bits per heavy atom. The molecule has 4 aromatic heterocycles. The fourth-order valence-electron chi connectivity index (χ4n) is 8.36. The molecule has 2 amide bonds. The first kappa shape index (κ1) is 59.9. The molecule has 3 saturated heterocycles. The zero-order chi connectivity index (χ0) is 57.3. The Kier molecular flexibility index (Phi) is 19.9. The molecule has 0 bridgehead atoms. The molecule has 80 heavy (non-hydrogen) atoms. The van der Waals surface area contributed by atoms with Gasteiger partial charge >= 0.3 is 27.0 Å². The van der Waals surface area contributed by atoms with Crippen LogP contribution in [0.2, 0.25) is 0 Å². The van der Waals surface area contributed by atoms with E-state index < -0.39 is 138 Å². The minimum Gasteiger partial charge on any atom is -0.390 e. The number of halogens is 1. The summed E-state index contributed by atoms with van der Waals surface area (Å²) >= 11 is 1.60. The van der Waals surface area contributed by atoms with Crippen molar-refractivity contribution in [2.45, 2.75) is 108 Å². The summed E-state index contributed by atoms with van der Waals surface area (Å²) in [4.78, 5) is 93.9. The number of aliphatic hydroxyl groups excluding tert-OH is 1. The zero-order valence-corrected chi connectivity index (χ0v) is 46.6. The summed E-state index contributed by atoms with van der Waals surface area (Å²) in [6.45, 7) is 2.12. The SMILES string of the molecule is Cc1cn(C2CC(OP(=O)(OCCC#N)OCC3OC(n4cnc5c(=O)[nH]c(NC(=O)C(C)C)nc54)CC3OP(=O)(OCCC#N)OCC3OC(n4ccc(NC(=O)c5ccccc5)nc4=O)CC3O)C(COI)O2)c(=O)[nH]c1=O. The third kappa shape index (κ3) is 14.6. The van der Waals surface area contributed by atoms with Crippen LogP contribution in [0.15, 0.2) is 74.3 Å². The Morgan fingerprint density at radius 2 is 1.40 bits per heavy atom. The van der Waals surface area contributed by atoms with Crippen molar-refractivity contribution in [3.8, 4) is 12.1 Å². The van der Waals surface area contributed by atoms with Crippen LogP contribution in [0.5, 0.6) is 0 Å². The first-order valence-electron chi connectivity index (χ1n) is 24.6. The predicted octanol–water partition coefficient (Wildman–Crippen LogP) is 3.55. The van der Waals surface area contributed by atoms with Crippen molar-refractivity contribution >= 4 is 73.4 Å². The molecule has 7 heterocycles. The van der Waals surface area contributed by atoms with Crippen LogP contribution in [0.25, 0.3) is 11.2 Å². The number of carbonyl (C=O) groups is 2. The number of amides is 2. The van der Waals surface area contributed by atoms with Crippen molar-refractivity contribution < 1.29 is 68.2 Å². The van der Waals surface area contributed by atoms with Crippen LogP contribution in [0, 0.1) is 35.5 Å². The van der Waals surface area contributed by atoms with Crippen molar-refractivity contribution in [2.75, 3.05) is 43.7 Å². The number of imidazole rings is 1. The normalized spacial score (nSPS) is 24.3. The molecule has 3 aliphatic heterocycles. The van der Waals surface area contributed by atoms with Gasteiger partial charge in [0.2, 0.25) is 11.9 Å². The molecule has 0 saturated carbocycles. The second-order valence-electron chi connectivity index (χ2n) is 18.4. The number of phosphoric ester groups is 2. The molecule has 0 radical (unpaired) electrons. The highest BCUT2D eigenvalue weighted by molar-refractivity contribution is 14.1. The van der Waals surface area contributed by atoms with Gasteiger partial charge in [0, 0.05) is 48.7 Å². The van der Waals surface area contributed by atoms with E-state index in [2.05, 4.69) is 35.6 Å². The second-order valence-corrected chi connectivity index (χ2v) is 22.2. The number of phosphoric acid groups is 2. The van der Waals surface area contributed by atoms with Crippen LogP contribution in [0.4, 0.5) is 11.8 Å². The number of nitrogens with zero attached hydrogens (tertiary/aromatic N) is 8. The Hall–Kier alpha value is -6.20. The number of nitriles is 2. The summed E-state index contributed by atoms with van der Waals surface area (Å²) in [7, 11) is -9.77. The molecule has 31 nitrogen and oxygen atoms in total. The number of anilines is 2. The van der Waals surface area contributed by atoms with Crippen LogP contribution in [0.3, 0.4) is 0 Å². The number of rotatable bonds is 25. The highest BCUT2D eigenvalue weighted by Gasteiger charge is 2.48. The van der Waals surface area contributed by atoms with Gasteiger partial charge in [-0.05, 0) is 25.1 Å². The zero-order valence-electron chi connectivity index (χ0n) is 42.7. The summed E-state index contributed by atoms with van der Waals surface area (Å²) in [5.41, 5.74) is -2.74. The van der Waals surface area contributed by atoms with Crippen molar-refractivity contribution in [3.05, 3.63) is 108 Å². The van der Waals surface area contributed by atoms with Crippen molar-refractivity contribution in [2.24, 2.45) is 5.92 Å². The average molecular weight is 1270 g/mol. The molecule has 0 spiro atoms. The third-order valence-electron chi connectivity index (χ3n) is 12.4. The lowest BCUT2D eigenvalue weighted by molar-refractivity contribution is -0.118. The van der Waals surface area contributed by atoms with E-state index in [-0.39, 0.29) is 67.2 Å². The number of nitrogens with one attached hydrogen (secondary N) is 4. The molecule has 11 atom stereocenters. The van der Waals surface area contributed by atoms with E-state index in [0.29, 0.717) is 5.56 Å². The first-order chi connectivity index (χ1) is 38.3. The largest absolute Gasteiger partial charge is 0.475 e. The summed E-state index contributed by atoms with van der Waals surface area (Å²) in [5.74, 6) is -1.75. The van der Waals surface area contributed by atoms with Gasteiger partial charge in [-0.25, -0.2) is 23.7 Å². The van der Waals surface area contributed by atoms with E-state index in [9.17, 15) is 53.5 Å². The summed E-state index contributed by atoms with van der Waals surface area (Å²) < 4.78 is 91.9. The Balaban J connectivity index is 1.04. The van der Waals surface area contributed by atoms with Gasteiger partial charge in [-0.1, -0.05) is 32.0 Å². The molecule has 428 valence electrons. The lowest BCUT2D eigenvalue weighted by Crippen LogP contribution is -2.33. The van der Waals surface area contributed by atoms with Gasteiger partial charge < -0.3 is 27.7 Å². The van der Waals surface area contributed by atoms with Gasteiger partial charge in [-0.3, -0.25) is 75.3 Å². The van der Waals surface area contributed by atoms with Gasteiger partial charge in [-0.2, -0.15) is 20.5 Å². The Bertz CT molecular complexity index is 3470.